The van der Waals surface area contributed by atoms with Gasteiger partial charge >= 0.3 is 0 Å². The van der Waals surface area contributed by atoms with Crippen LogP contribution in [0.15, 0.2) is 41.1 Å². The Bertz CT molecular complexity index is 467. The topological polar surface area (TPSA) is 21.3 Å². The highest BCUT2D eigenvalue weighted by Gasteiger charge is 2.05. The third-order valence-electron chi connectivity index (χ3n) is 3.04. The van der Waals surface area contributed by atoms with E-state index in [0.717, 1.165) is 18.7 Å². The second-order valence-electron chi connectivity index (χ2n) is 4.33. The molecular formula is C15H19NOS. The molecule has 1 aromatic heterocycles. The molecule has 96 valence electrons. The van der Waals surface area contributed by atoms with Crippen molar-refractivity contribution >= 4 is 11.3 Å². The van der Waals surface area contributed by atoms with E-state index in [-0.39, 0.29) is 0 Å². The molecule has 0 aliphatic carbocycles. The van der Waals surface area contributed by atoms with Crippen LogP contribution >= 0.6 is 11.3 Å². The first-order chi connectivity index (χ1) is 8.79. The van der Waals surface area contributed by atoms with Crippen molar-refractivity contribution in [1.29, 1.82) is 0 Å². The summed E-state index contributed by atoms with van der Waals surface area (Å²) in [6.45, 7) is 3.18. The third-order valence-corrected chi connectivity index (χ3v) is 3.77. The van der Waals surface area contributed by atoms with Crippen LogP contribution in [0.2, 0.25) is 0 Å². The molecule has 2 aromatic rings. The summed E-state index contributed by atoms with van der Waals surface area (Å²) < 4.78 is 5.24. The molecule has 1 aromatic carbocycles. The molecule has 0 radical (unpaired) electrons. The van der Waals surface area contributed by atoms with Gasteiger partial charge in [-0.3, -0.25) is 0 Å². The minimum atomic E-state index is 0.346. The molecule has 0 fully saturated rings. The number of thiophene rings is 1. The minimum absolute atomic E-state index is 0.346. The minimum Gasteiger partial charge on any atom is -0.497 e. The van der Waals surface area contributed by atoms with Crippen molar-refractivity contribution in [2.75, 3.05) is 13.7 Å². The summed E-state index contributed by atoms with van der Waals surface area (Å²) in [6.07, 6.45) is 1.08. The van der Waals surface area contributed by atoms with Gasteiger partial charge in [0.25, 0.3) is 0 Å². The van der Waals surface area contributed by atoms with Gasteiger partial charge < -0.3 is 10.1 Å². The van der Waals surface area contributed by atoms with Crippen molar-refractivity contribution in [3.05, 3.63) is 52.2 Å². The lowest BCUT2D eigenvalue weighted by Gasteiger charge is -2.14. The predicted molar refractivity (Wildman–Crippen MR) is 77.4 cm³/mol. The van der Waals surface area contributed by atoms with E-state index in [9.17, 15) is 0 Å². The molecule has 0 saturated heterocycles. The zero-order valence-corrected chi connectivity index (χ0v) is 11.7. The van der Waals surface area contributed by atoms with E-state index in [1.807, 2.05) is 12.1 Å². The lowest BCUT2D eigenvalue weighted by atomic mass is 10.1. The number of hydrogen-bond acceptors (Lipinski definition) is 3. The van der Waals surface area contributed by atoms with Gasteiger partial charge in [0, 0.05) is 6.04 Å². The van der Waals surface area contributed by atoms with Crippen molar-refractivity contribution in [2.24, 2.45) is 0 Å². The zero-order chi connectivity index (χ0) is 12.8. The Kier molecular flexibility index (Phi) is 4.79. The van der Waals surface area contributed by atoms with Crippen molar-refractivity contribution in [3.8, 4) is 5.75 Å². The average molecular weight is 261 g/mol. The van der Waals surface area contributed by atoms with E-state index >= 15 is 0 Å². The predicted octanol–water partition coefficient (Wildman–Crippen LogP) is 3.65. The zero-order valence-electron chi connectivity index (χ0n) is 10.8. The van der Waals surface area contributed by atoms with Crippen LogP contribution in [0.5, 0.6) is 5.75 Å². The maximum atomic E-state index is 5.24. The van der Waals surface area contributed by atoms with E-state index in [4.69, 9.17) is 4.74 Å². The highest BCUT2D eigenvalue weighted by molar-refractivity contribution is 7.07. The van der Waals surface area contributed by atoms with E-state index in [0.29, 0.717) is 6.04 Å². The van der Waals surface area contributed by atoms with Gasteiger partial charge in [0.15, 0.2) is 0 Å². The molecule has 1 N–H and O–H groups in total. The molecule has 3 heteroatoms. The highest BCUT2D eigenvalue weighted by atomic mass is 32.1. The second kappa shape index (κ2) is 6.57. The molecular weight excluding hydrogens is 242 g/mol. The standard InChI is InChI=1S/C15H19NOS/c1-12(14-4-3-5-15(10-14)17-2)16-8-6-13-7-9-18-11-13/h3-5,7,9-12,16H,6,8H2,1-2H3/t12-/m1/s1. The van der Waals surface area contributed by atoms with Crippen LogP contribution in [0.25, 0.3) is 0 Å². The van der Waals surface area contributed by atoms with Gasteiger partial charge in [-0.05, 0) is 60.0 Å². The van der Waals surface area contributed by atoms with Gasteiger partial charge in [-0.15, -0.1) is 0 Å². The van der Waals surface area contributed by atoms with Crippen LogP contribution in [-0.4, -0.2) is 13.7 Å². The molecule has 0 unspecified atom stereocenters. The fraction of sp³-hybridized carbons (Fsp3) is 0.333. The van der Waals surface area contributed by atoms with Crippen LogP contribution < -0.4 is 10.1 Å². The van der Waals surface area contributed by atoms with Crippen LogP contribution in [0, 0.1) is 0 Å². The summed E-state index contributed by atoms with van der Waals surface area (Å²) in [5.41, 5.74) is 2.67. The van der Waals surface area contributed by atoms with Crippen molar-refractivity contribution in [2.45, 2.75) is 19.4 Å². The van der Waals surface area contributed by atoms with Gasteiger partial charge in [0.2, 0.25) is 0 Å². The molecule has 2 rings (SSSR count). The molecule has 2 nitrogen and oxygen atoms in total. The smallest absolute Gasteiger partial charge is 0.119 e. The van der Waals surface area contributed by atoms with E-state index in [2.05, 4.69) is 41.2 Å². The first-order valence-electron chi connectivity index (χ1n) is 6.18. The monoisotopic (exact) mass is 261 g/mol. The quantitative estimate of drug-likeness (QED) is 0.857. The summed E-state index contributed by atoms with van der Waals surface area (Å²) in [7, 11) is 1.70. The number of benzene rings is 1. The van der Waals surface area contributed by atoms with Crippen molar-refractivity contribution < 1.29 is 4.74 Å². The Morgan fingerprint density at radius 1 is 1.33 bits per heavy atom. The molecule has 0 saturated carbocycles. The van der Waals surface area contributed by atoms with Crippen LogP contribution in [0.1, 0.15) is 24.1 Å². The van der Waals surface area contributed by atoms with E-state index in [1.54, 1.807) is 18.4 Å². The Morgan fingerprint density at radius 2 is 2.22 bits per heavy atom. The van der Waals surface area contributed by atoms with Gasteiger partial charge in [-0.1, -0.05) is 12.1 Å². The number of rotatable bonds is 6. The largest absolute Gasteiger partial charge is 0.497 e. The lowest BCUT2D eigenvalue weighted by Crippen LogP contribution is -2.21. The van der Waals surface area contributed by atoms with Crippen LogP contribution in [-0.2, 0) is 6.42 Å². The molecule has 1 heterocycles. The Hall–Kier alpha value is -1.32. The van der Waals surface area contributed by atoms with Gasteiger partial charge in [-0.2, -0.15) is 11.3 Å². The summed E-state index contributed by atoms with van der Waals surface area (Å²) in [5.74, 6) is 0.916. The molecule has 0 amide bonds. The van der Waals surface area contributed by atoms with Gasteiger partial charge in [0.05, 0.1) is 7.11 Å². The average Bonchev–Trinajstić information content (AvgIpc) is 2.92. The third kappa shape index (κ3) is 3.59. The van der Waals surface area contributed by atoms with Gasteiger partial charge in [0.1, 0.15) is 5.75 Å². The lowest BCUT2D eigenvalue weighted by molar-refractivity contribution is 0.413. The molecule has 18 heavy (non-hydrogen) atoms. The van der Waals surface area contributed by atoms with Crippen LogP contribution in [0.4, 0.5) is 0 Å². The second-order valence-corrected chi connectivity index (χ2v) is 5.11. The summed E-state index contributed by atoms with van der Waals surface area (Å²) in [6, 6.07) is 10.8. The number of ether oxygens (including phenoxy) is 1. The molecule has 0 bridgehead atoms. The first kappa shape index (κ1) is 13.1. The molecule has 0 spiro atoms. The summed E-state index contributed by atoms with van der Waals surface area (Å²) in [4.78, 5) is 0. The van der Waals surface area contributed by atoms with Crippen molar-refractivity contribution in [1.82, 2.24) is 5.32 Å². The Labute approximate surface area is 113 Å². The van der Waals surface area contributed by atoms with E-state index in [1.165, 1.54) is 11.1 Å². The summed E-state index contributed by atoms with van der Waals surface area (Å²) >= 11 is 1.76. The van der Waals surface area contributed by atoms with Crippen molar-refractivity contribution in [3.63, 3.8) is 0 Å². The number of hydrogen-bond donors (Lipinski definition) is 1. The fourth-order valence-electron chi connectivity index (χ4n) is 1.90. The van der Waals surface area contributed by atoms with Crippen LogP contribution in [0.3, 0.4) is 0 Å². The maximum Gasteiger partial charge on any atom is 0.119 e. The summed E-state index contributed by atoms with van der Waals surface area (Å²) in [5, 5.41) is 7.87. The molecule has 1 atom stereocenters. The number of nitrogens with one attached hydrogen (secondary N) is 1. The maximum absolute atomic E-state index is 5.24. The first-order valence-corrected chi connectivity index (χ1v) is 7.12. The molecule has 0 aliphatic heterocycles. The highest BCUT2D eigenvalue weighted by Crippen LogP contribution is 2.18. The normalized spacial score (nSPS) is 12.3. The number of methoxy groups -OCH3 is 1. The SMILES string of the molecule is COc1cccc([C@@H](C)NCCc2ccsc2)c1. The fourth-order valence-corrected chi connectivity index (χ4v) is 2.60. The van der Waals surface area contributed by atoms with E-state index < -0.39 is 0 Å². The molecule has 0 aliphatic rings. The van der Waals surface area contributed by atoms with Gasteiger partial charge in [-0.25, -0.2) is 0 Å². The Balaban J connectivity index is 1.85. The Morgan fingerprint density at radius 3 is 2.94 bits per heavy atom.